The molecular weight excluding hydrogens is 553 g/mol. The normalized spacial score (nSPS) is 11.9. The van der Waals surface area contributed by atoms with Gasteiger partial charge in [0, 0.05) is 27.9 Å². The Kier molecular flexibility index (Phi) is 10.0. The molecule has 1 heterocycles. The van der Waals surface area contributed by atoms with Gasteiger partial charge in [-0.15, -0.1) is 23.1 Å². The third-order valence-electron chi connectivity index (χ3n) is 6.00. The molecular formula is C33H34N2O4S2. The van der Waals surface area contributed by atoms with Gasteiger partial charge in [0.1, 0.15) is 15.8 Å². The number of thioether (sulfide) groups is 1. The Labute approximate surface area is 249 Å². The van der Waals surface area contributed by atoms with Gasteiger partial charge in [-0.3, -0.25) is 9.59 Å². The fraction of sp³-hybridized carbons (Fsp3) is 0.242. The van der Waals surface area contributed by atoms with Crippen molar-refractivity contribution >= 4 is 51.6 Å². The average Bonchev–Trinajstić information content (AvgIpc) is 3.35. The third-order valence-corrected chi connectivity index (χ3v) is 8.14. The Morgan fingerprint density at radius 1 is 0.902 bits per heavy atom. The molecule has 212 valence electrons. The number of esters is 1. The van der Waals surface area contributed by atoms with E-state index in [-0.39, 0.29) is 23.8 Å². The second kappa shape index (κ2) is 13.7. The number of nitrogens with one attached hydrogen (secondary N) is 2. The Morgan fingerprint density at radius 2 is 1.59 bits per heavy atom. The van der Waals surface area contributed by atoms with E-state index in [0.717, 1.165) is 16.0 Å². The molecule has 8 heteroatoms. The number of thiophene rings is 1. The highest BCUT2D eigenvalue weighted by Crippen LogP contribution is 2.40. The number of rotatable bonds is 10. The quantitative estimate of drug-likeness (QED) is 0.144. The van der Waals surface area contributed by atoms with E-state index < -0.39 is 11.2 Å². The highest BCUT2D eigenvalue weighted by molar-refractivity contribution is 8.00. The second-order valence-electron chi connectivity index (χ2n) is 10.7. The molecule has 0 bridgehead atoms. The highest BCUT2D eigenvalue weighted by Gasteiger charge is 2.27. The molecule has 0 spiro atoms. The lowest BCUT2D eigenvalue weighted by Gasteiger charge is -2.19. The zero-order valence-electron chi connectivity index (χ0n) is 23.6. The lowest BCUT2D eigenvalue weighted by atomic mass is 9.92. The van der Waals surface area contributed by atoms with Crippen molar-refractivity contribution in [2.24, 2.45) is 5.41 Å². The highest BCUT2D eigenvalue weighted by atomic mass is 32.2. The summed E-state index contributed by atoms with van der Waals surface area (Å²) < 4.78 is 5.36. The van der Waals surface area contributed by atoms with E-state index >= 15 is 0 Å². The van der Waals surface area contributed by atoms with Crippen molar-refractivity contribution in [2.45, 2.75) is 44.3 Å². The van der Waals surface area contributed by atoms with Crippen LogP contribution in [0.5, 0.6) is 0 Å². The molecule has 0 saturated heterocycles. The predicted octanol–water partition coefficient (Wildman–Crippen LogP) is 8.44. The fourth-order valence-electron chi connectivity index (χ4n) is 4.23. The molecule has 2 N–H and O–H groups in total. The van der Waals surface area contributed by atoms with Crippen molar-refractivity contribution in [3.05, 3.63) is 101 Å². The van der Waals surface area contributed by atoms with Crippen LogP contribution in [0.15, 0.2) is 95.2 Å². The Morgan fingerprint density at radius 3 is 2.24 bits per heavy atom. The van der Waals surface area contributed by atoms with Crippen LogP contribution >= 0.6 is 23.1 Å². The largest absolute Gasteiger partial charge is 0.462 e. The minimum atomic E-state index is -0.617. The monoisotopic (exact) mass is 586 g/mol. The van der Waals surface area contributed by atoms with Crippen LogP contribution in [0.4, 0.5) is 10.7 Å². The number of hydrogen-bond acceptors (Lipinski definition) is 6. The van der Waals surface area contributed by atoms with Crippen molar-refractivity contribution in [3.63, 3.8) is 0 Å². The number of hydrogen-bond donors (Lipinski definition) is 2. The lowest BCUT2D eigenvalue weighted by molar-refractivity contribution is -0.118. The maximum atomic E-state index is 13.9. The van der Waals surface area contributed by atoms with E-state index in [1.54, 1.807) is 6.92 Å². The van der Waals surface area contributed by atoms with Crippen molar-refractivity contribution < 1.29 is 19.1 Å². The third kappa shape index (κ3) is 8.31. The van der Waals surface area contributed by atoms with Crippen molar-refractivity contribution in [1.82, 2.24) is 0 Å². The molecule has 2 amide bonds. The van der Waals surface area contributed by atoms with Gasteiger partial charge in [0.05, 0.1) is 6.61 Å². The van der Waals surface area contributed by atoms with E-state index in [1.807, 2.05) is 111 Å². The summed E-state index contributed by atoms with van der Waals surface area (Å²) in [6.07, 6.45) is 0.397. The van der Waals surface area contributed by atoms with Crippen LogP contribution in [-0.2, 0) is 14.3 Å². The zero-order chi connectivity index (χ0) is 29.4. The summed E-state index contributed by atoms with van der Waals surface area (Å²) in [5.74, 6) is -0.809. The van der Waals surface area contributed by atoms with Crippen LogP contribution in [-0.4, -0.2) is 24.4 Å². The minimum absolute atomic E-state index is 0.0598. The second-order valence-corrected chi connectivity index (χ2v) is 12.7. The molecule has 41 heavy (non-hydrogen) atoms. The lowest BCUT2D eigenvalue weighted by Crippen LogP contribution is -2.20. The van der Waals surface area contributed by atoms with Crippen LogP contribution in [0.1, 0.15) is 55.3 Å². The molecule has 3 aromatic carbocycles. The minimum Gasteiger partial charge on any atom is -0.462 e. The maximum Gasteiger partial charge on any atom is 0.341 e. The number of benzene rings is 3. The van der Waals surface area contributed by atoms with Gasteiger partial charge in [-0.25, -0.2) is 4.79 Å². The Balaban J connectivity index is 1.62. The van der Waals surface area contributed by atoms with Crippen LogP contribution in [0.25, 0.3) is 11.1 Å². The van der Waals surface area contributed by atoms with Crippen LogP contribution in [0.3, 0.4) is 0 Å². The topological polar surface area (TPSA) is 84.5 Å². The molecule has 1 unspecified atom stereocenters. The van der Waals surface area contributed by atoms with E-state index in [4.69, 9.17) is 4.74 Å². The van der Waals surface area contributed by atoms with Crippen LogP contribution in [0.2, 0.25) is 0 Å². The first-order chi connectivity index (χ1) is 19.6. The Bertz CT molecular complexity index is 1490. The summed E-state index contributed by atoms with van der Waals surface area (Å²) in [7, 11) is 0. The van der Waals surface area contributed by atoms with Gasteiger partial charge in [-0.1, -0.05) is 87.5 Å². The van der Waals surface area contributed by atoms with Crippen molar-refractivity contribution in [2.75, 3.05) is 17.2 Å². The molecule has 0 fully saturated rings. The summed E-state index contributed by atoms with van der Waals surface area (Å²) in [5.41, 5.74) is 3.29. The van der Waals surface area contributed by atoms with Crippen LogP contribution in [0, 0.1) is 5.41 Å². The molecule has 0 radical (unpaired) electrons. The van der Waals surface area contributed by atoms with Gasteiger partial charge in [0.25, 0.3) is 0 Å². The SMILES string of the molecule is CCOC(=O)c1c(-c2ccccc2)csc1NC(=O)C(Sc1cccc(NC(=O)CC(C)(C)C)c1)c1ccccc1. The van der Waals surface area contributed by atoms with Gasteiger partial charge >= 0.3 is 5.97 Å². The number of carbonyl (C=O) groups is 3. The maximum absolute atomic E-state index is 13.9. The Hall–Kier alpha value is -3.88. The summed E-state index contributed by atoms with van der Waals surface area (Å²) in [4.78, 5) is 40.2. The van der Waals surface area contributed by atoms with E-state index in [1.165, 1.54) is 23.1 Å². The molecule has 0 aliphatic heterocycles. The summed E-state index contributed by atoms with van der Waals surface area (Å²) in [6.45, 7) is 8.04. The molecule has 4 rings (SSSR count). The standard InChI is InChI=1S/C33H34N2O4S2/c1-5-39-32(38)28-26(22-13-8-6-9-14-22)21-40-31(28)35-30(37)29(23-15-10-7-11-16-23)41-25-18-12-17-24(19-25)34-27(36)20-33(2,3)4/h6-19,21,29H,5,20H2,1-4H3,(H,34,36)(H,35,37). The molecule has 0 saturated carbocycles. The van der Waals surface area contributed by atoms with E-state index in [9.17, 15) is 14.4 Å². The smallest absolute Gasteiger partial charge is 0.341 e. The van der Waals surface area contributed by atoms with Crippen LogP contribution < -0.4 is 10.6 Å². The van der Waals surface area contributed by atoms with Gasteiger partial charge in [-0.05, 0) is 41.7 Å². The van der Waals surface area contributed by atoms with E-state index in [0.29, 0.717) is 28.2 Å². The molecule has 1 aromatic heterocycles. The molecule has 4 aromatic rings. The first-order valence-electron chi connectivity index (χ1n) is 13.4. The predicted molar refractivity (Wildman–Crippen MR) is 169 cm³/mol. The zero-order valence-corrected chi connectivity index (χ0v) is 25.2. The first kappa shape index (κ1) is 30.1. The summed E-state index contributed by atoms with van der Waals surface area (Å²) in [6, 6.07) is 26.5. The first-order valence-corrected chi connectivity index (χ1v) is 15.2. The fourth-order valence-corrected chi connectivity index (χ4v) is 6.28. The molecule has 0 aliphatic carbocycles. The van der Waals surface area contributed by atoms with Crippen molar-refractivity contribution in [1.29, 1.82) is 0 Å². The van der Waals surface area contributed by atoms with E-state index in [2.05, 4.69) is 10.6 Å². The van der Waals surface area contributed by atoms with Gasteiger partial charge in [-0.2, -0.15) is 0 Å². The molecule has 6 nitrogen and oxygen atoms in total. The number of carbonyl (C=O) groups excluding carboxylic acids is 3. The number of amides is 2. The molecule has 0 aliphatic rings. The number of ether oxygens (including phenoxy) is 1. The van der Waals surface area contributed by atoms with Gasteiger partial charge in [0.2, 0.25) is 11.8 Å². The number of anilines is 2. The average molecular weight is 587 g/mol. The van der Waals surface area contributed by atoms with Crippen molar-refractivity contribution in [3.8, 4) is 11.1 Å². The van der Waals surface area contributed by atoms with Gasteiger partial charge < -0.3 is 15.4 Å². The summed E-state index contributed by atoms with van der Waals surface area (Å²) in [5, 5.41) is 7.68. The summed E-state index contributed by atoms with van der Waals surface area (Å²) >= 11 is 2.67. The molecule has 1 atom stereocenters. The van der Waals surface area contributed by atoms with Gasteiger partial charge in [0.15, 0.2) is 0 Å².